The minimum absolute atomic E-state index is 0.107. The van der Waals surface area contributed by atoms with Gasteiger partial charge in [-0.15, -0.1) is 12.8 Å². The van der Waals surface area contributed by atoms with Crippen molar-refractivity contribution in [2.45, 2.75) is 12.5 Å². The van der Waals surface area contributed by atoms with Crippen molar-refractivity contribution in [3.8, 4) is 24.7 Å². The van der Waals surface area contributed by atoms with E-state index in [1.165, 1.54) is 0 Å². The average Bonchev–Trinajstić information content (AvgIpc) is 2.44. The van der Waals surface area contributed by atoms with E-state index in [1.807, 2.05) is 36.3 Å². The lowest BCUT2D eigenvalue weighted by atomic mass is 10.1. The summed E-state index contributed by atoms with van der Waals surface area (Å²) in [5.41, 5.74) is 0.917. The first-order chi connectivity index (χ1) is 9.17. The second-order valence-corrected chi connectivity index (χ2v) is 3.78. The lowest BCUT2D eigenvalue weighted by Crippen LogP contribution is -2.47. The number of carbonyl (C=O) groups excluding carboxylic acids is 2. The van der Waals surface area contributed by atoms with Gasteiger partial charge in [0.1, 0.15) is 6.04 Å². The molecule has 2 amide bonds. The highest BCUT2D eigenvalue weighted by molar-refractivity contribution is 5.96. The van der Waals surface area contributed by atoms with Gasteiger partial charge in [0, 0.05) is 6.42 Å². The first-order valence-electron chi connectivity index (χ1n) is 5.69. The number of nitrogens with one attached hydrogen (secondary N) is 2. The molecule has 0 bridgehead atoms. The highest BCUT2D eigenvalue weighted by atomic mass is 16.2. The zero-order chi connectivity index (χ0) is 14.1. The van der Waals surface area contributed by atoms with Gasteiger partial charge in [-0.05, 0) is 11.5 Å². The van der Waals surface area contributed by atoms with Crippen molar-refractivity contribution in [3.63, 3.8) is 0 Å². The molecule has 4 heteroatoms. The Balaban J connectivity index is 2.75. The van der Waals surface area contributed by atoms with E-state index in [9.17, 15) is 9.59 Å². The summed E-state index contributed by atoms with van der Waals surface area (Å²) in [7, 11) is 0. The van der Waals surface area contributed by atoms with Crippen LogP contribution in [0.2, 0.25) is 0 Å². The number of hydrogen-bond donors (Lipinski definition) is 2. The summed E-state index contributed by atoms with van der Waals surface area (Å²) < 4.78 is 0. The molecule has 0 saturated carbocycles. The molecular weight excluding hydrogens is 240 g/mol. The molecule has 0 aromatic heterocycles. The Bertz CT molecular complexity index is 523. The van der Waals surface area contributed by atoms with Crippen LogP contribution in [0.1, 0.15) is 5.56 Å². The Morgan fingerprint density at radius 1 is 1.21 bits per heavy atom. The molecule has 0 unspecified atom stereocenters. The van der Waals surface area contributed by atoms with Crippen LogP contribution in [-0.4, -0.2) is 24.4 Å². The van der Waals surface area contributed by atoms with Gasteiger partial charge < -0.3 is 10.6 Å². The van der Waals surface area contributed by atoms with E-state index in [2.05, 4.69) is 16.6 Å². The van der Waals surface area contributed by atoms with Gasteiger partial charge in [0.15, 0.2) is 0 Å². The lowest BCUT2D eigenvalue weighted by Gasteiger charge is -2.16. The molecule has 0 heterocycles. The molecule has 1 aromatic carbocycles. The monoisotopic (exact) mass is 254 g/mol. The Hall–Kier alpha value is -2.72. The van der Waals surface area contributed by atoms with E-state index in [4.69, 9.17) is 12.8 Å². The summed E-state index contributed by atoms with van der Waals surface area (Å²) in [5.74, 6) is 3.24. The third-order valence-electron chi connectivity index (χ3n) is 2.40. The standard InChI is InChI=1S/C15H14N2O2/c1-3-10-16-15(19)13(17-14(18)4-2)11-12-8-6-5-7-9-12/h1-2,5-9,13H,10-11H2,(H,16,19)(H,17,18)/t13-/m0/s1. The topological polar surface area (TPSA) is 58.2 Å². The Labute approximate surface area is 112 Å². The van der Waals surface area contributed by atoms with Gasteiger partial charge in [-0.25, -0.2) is 0 Å². The van der Waals surface area contributed by atoms with Crippen LogP contribution in [0.25, 0.3) is 0 Å². The molecule has 2 N–H and O–H groups in total. The number of amides is 2. The molecule has 0 fully saturated rings. The highest BCUT2D eigenvalue weighted by Gasteiger charge is 2.19. The summed E-state index contributed by atoms with van der Waals surface area (Å²) in [4.78, 5) is 23.1. The van der Waals surface area contributed by atoms with Crippen LogP contribution in [0.3, 0.4) is 0 Å². The first kappa shape index (κ1) is 14.3. The molecule has 19 heavy (non-hydrogen) atoms. The fourth-order valence-electron chi connectivity index (χ4n) is 1.52. The number of carbonyl (C=O) groups is 2. The minimum Gasteiger partial charge on any atom is -0.343 e. The maximum Gasteiger partial charge on any atom is 0.296 e. The fourth-order valence-corrected chi connectivity index (χ4v) is 1.52. The summed E-state index contributed by atoms with van der Waals surface area (Å²) >= 11 is 0. The maximum atomic E-state index is 11.9. The quantitative estimate of drug-likeness (QED) is 0.732. The molecule has 1 aromatic rings. The lowest BCUT2D eigenvalue weighted by molar-refractivity contribution is -0.126. The van der Waals surface area contributed by atoms with E-state index in [0.29, 0.717) is 6.42 Å². The van der Waals surface area contributed by atoms with E-state index >= 15 is 0 Å². The number of hydrogen-bond acceptors (Lipinski definition) is 2. The van der Waals surface area contributed by atoms with Crippen molar-refractivity contribution in [1.29, 1.82) is 0 Å². The van der Waals surface area contributed by atoms with Gasteiger partial charge in [-0.2, -0.15) is 0 Å². The SMILES string of the molecule is C#CCNC(=O)[C@H](Cc1ccccc1)NC(=O)C#C. The largest absolute Gasteiger partial charge is 0.343 e. The smallest absolute Gasteiger partial charge is 0.296 e. The minimum atomic E-state index is -0.737. The van der Waals surface area contributed by atoms with E-state index < -0.39 is 11.9 Å². The van der Waals surface area contributed by atoms with Gasteiger partial charge in [0.25, 0.3) is 5.91 Å². The summed E-state index contributed by atoms with van der Waals surface area (Å²) in [5, 5.41) is 4.99. The van der Waals surface area contributed by atoms with E-state index in [1.54, 1.807) is 0 Å². The fraction of sp³-hybridized carbons (Fsp3) is 0.200. The van der Waals surface area contributed by atoms with Crippen LogP contribution in [0.5, 0.6) is 0 Å². The molecule has 0 aliphatic carbocycles. The number of benzene rings is 1. The van der Waals surface area contributed by atoms with Crippen molar-refractivity contribution in [1.82, 2.24) is 10.6 Å². The van der Waals surface area contributed by atoms with Crippen molar-refractivity contribution >= 4 is 11.8 Å². The molecular formula is C15H14N2O2. The van der Waals surface area contributed by atoms with Gasteiger partial charge in [0.2, 0.25) is 5.91 Å². The van der Waals surface area contributed by atoms with Crippen molar-refractivity contribution < 1.29 is 9.59 Å². The average molecular weight is 254 g/mol. The van der Waals surface area contributed by atoms with Crippen LogP contribution >= 0.6 is 0 Å². The Morgan fingerprint density at radius 3 is 2.47 bits per heavy atom. The van der Waals surface area contributed by atoms with Crippen LogP contribution in [0.15, 0.2) is 30.3 Å². The predicted octanol–water partition coefficient (Wildman–Crippen LogP) is 0.0965. The number of terminal acetylenes is 2. The van der Waals surface area contributed by atoms with Crippen molar-refractivity contribution in [3.05, 3.63) is 35.9 Å². The van der Waals surface area contributed by atoms with Crippen LogP contribution in [-0.2, 0) is 16.0 Å². The molecule has 0 aliphatic rings. The maximum absolute atomic E-state index is 11.9. The summed E-state index contributed by atoms with van der Waals surface area (Å²) in [6, 6.07) is 8.58. The first-order valence-corrected chi connectivity index (χ1v) is 5.69. The van der Waals surface area contributed by atoms with Crippen LogP contribution in [0, 0.1) is 24.7 Å². The highest BCUT2D eigenvalue weighted by Crippen LogP contribution is 2.03. The second kappa shape index (κ2) is 7.58. The van der Waals surface area contributed by atoms with Crippen LogP contribution in [0.4, 0.5) is 0 Å². The number of rotatable bonds is 5. The molecule has 0 spiro atoms. The zero-order valence-electron chi connectivity index (χ0n) is 10.3. The van der Waals surface area contributed by atoms with E-state index in [0.717, 1.165) is 5.56 Å². The normalized spacial score (nSPS) is 10.6. The van der Waals surface area contributed by atoms with Crippen molar-refractivity contribution in [2.75, 3.05) is 6.54 Å². The van der Waals surface area contributed by atoms with Crippen LogP contribution < -0.4 is 10.6 Å². The summed E-state index contributed by atoms with van der Waals surface area (Å²) in [6.45, 7) is 0.107. The zero-order valence-corrected chi connectivity index (χ0v) is 10.3. The molecule has 1 rings (SSSR count). The Kier molecular flexibility index (Phi) is 5.72. The molecule has 0 saturated heterocycles. The second-order valence-electron chi connectivity index (χ2n) is 3.78. The molecule has 96 valence electrons. The van der Waals surface area contributed by atoms with Gasteiger partial charge in [-0.1, -0.05) is 36.3 Å². The molecule has 0 radical (unpaired) electrons. The predicted molar refractivity (Wildman–Crippen MR) is 72.8 cm³/mol. The molecule has 1 atom stereocenters. The summed E-state index contributed by atoms with van der Waals surface area (Å²) in [6.07, 6.45) is 10.4. The molecule has 4 nitrogen and oxygen atoms in total. The van der Waals surface area contributed by atoms with E-state index in [-0.39, 0.29) is 12.5 Å². The third-order valence-corrected chi connectivity index (χ3v) is 2.40. The van der Waals surface area contributed by atoms with Gasteiger partial charge in [0.05, 0.1) is 6.54 Å². The van der Waals surface area contributed by atoms with Gasteiger partial charge in [-0.3, -0.25) is 9.59 Å². The third kappa shape index (κ3) is 4.97. The Morgan fingerprint density at radius 2 is 1.89 bits per heavy atom. The van der Waals surface area contributed by atoms with Gasteiger partial charge >= 0.3 is 0 Å². The van der Waals surface area contributed by atoms with Crippen molar-refractivity contribution in [2.24, 2.45) is 0 Å². The molecule has 0 aliphatic heterocycles.